The first-order valence-corrected chi connectivity index (χ1v) is 7.07. The Hall–Kier alpha value is -1.24. The average Bonchev–Trinajstić information content (AvgIpc) is 2.37. The summed E-state index contributed by atoms with van der Waals surface area (Å²) in [6.45, 7) is 0.861. The molecule has 1 amide bonds. The molecule has 100 valence electrons. The van der Waals surface area contributed by atoms with Gasteiger partial charge in [-0.2, -0.15) is 0 Å². The highest BCUT2D eigenvalue weighted by Gasteiger charge is 2.08. The van der Waals surface area contributed by atoms with Gasteiger partial charge in [-0.3, -0.25) is 9.00 Å². The number of ether oxygens (including phenoxy) is 1. The van der Waals surface area contributed by atoms with E-state index < -0.39 is 10.8 Å². The minimum atomic E-state index is -1.19. The van der Waals surface area contributed by atoms with Crippen molar-refractivity contribution < 1.29 is 13.7 Å². The molecule has 0 aliphatic heterocycles. The summed E-state index contributed by atoms with van der Waals surface area (Å²) in [5.41, 5.74) is 7.15. The Kier molecular flexibility index (Phi) is 6.56. The van der Waals surface area contributed by atoms with Crippen LogP contribution in [-0.4, -0.2) is 35.3 Å². The molecule has 0 aliphatic rings. The third kappa shape index (κ3) is 5.39. The zero-order valence-electron chi connectivity index (χ0n) is 10.3. The van der Waals surface area contributed by atoms with Gasteiger partial charge in [0, 0.05) is 35.9 Å². The van der Waals surface area contributed by atoms with Crippen molar-refractivity contribution in [3.05, 3.63) is 29.8 Å². The molecule has 5 nitrogen and oxygen atoms in total. The summed E-state index contributed by atoms with van der Waals surface area (Å²) in [6, 6.07) is 7.24. The van der Waals surface area contributed by atoms with Gasteiger partial charge in [-0.1, -0.05) is 12.1 Å². The predicted octanol–water partition coefficient (Wildman–Crippen LogP) is 0.479. The van der Waals surface area contributed by atoms with Crippen LogP contribution in [0.2, 0.25) is 0 Å². The highest BCUT2D eigenvalue weighted by molar-refractivity contribution is 7.85. The van der Waals surface area contributed by atoms with Gasteiger partial charge in [-0.25, -0.2) is 0 Å². The van der Waals surface area contributed by atoms with E-state index in [1.807, 2.05) is 12.1 Å². The Morgan fingerprint density at radius 1 is 1.39 bits per heavy atom. The van der Waals surface area contributed by atoms with Crippen molar-refractivity contribution in [3.63, 3.8) is 0 Å². The standard InChI is InChI=1S/C12H18N2O3S/c1-17-6-7-18(16)9-12(15)14-11-4-2-10(8-13)3-5-11/h2-5H,6-9,13H2,1H3,(H,14,15). The lowest BCUT2D eigenvalue weighted by Crippen LogP contribution is -2.21. The van der Waals surface area contributed by atoms with E-state index in [2.05, 4.69) is 5.32 Å². The summed E-state index contributed by atoms with van der Waals surface area (Å²) in [5, 5.41) is 2.69. The third-order valence-corrected chi connectivity index (χ3v) is 3.49. The molecule has 1 aromatic carbocycles. The molecule has 1 unspecified atom stereocenters. The number of nitrogens with two attached hydrogens (primary N) is 1. The summed E-state index contributed by atoms with van der Waals surface area (Å²) >= 11 is 0. The van der Waals surface area contributed by atoms with Crippen molar-refractivity contribution in [2.75, 3.05) is 30.5 Å². The smallest absolute Gasteiger partial charge is 0.236 e. The van der Waals surface area contributed by atoms with Gasteiger partial charge in [0.25, 0.3) is 0 Å². The molecule has 0 saturated heterocycles. The Morgan fingerprint density at radius 2 is 2.06 bits per heavy atom. The molecule has 1 aromatic rings. The van der Waals surface area contributed by atoms with Crippen molar-refractivity contribution in [1.29, 1.82) is 0 Å². The quantitative estimate of drug-likeness (QED) is 0.755. The van der Waals surface area contributed by atoms with E-state index in [0.717, 1.165) is 5.56 Å². The van der Waals surface area contributed by atoms with Gasteiger partial charge in [0.2, 0.25) is 5.91 Å². The molecule has 3 N–H and O–H groups in total. The number of carbonyl (C=O) groups is 1. The maximum absolute atomic E-state index is 11.6. The van der Waals surface area contributed by atoms with Crippen LogP contribution in [0.25, 0.3) is 0 Å². The Morgan fingerprint density at radius 3 is 2.61 bits per heavy atom. The Bertz CT molecular complexity index is 406. The number of benzene rings is 1. The number of hydrogen-bond donors (Lipinski definition) is 2. The van der Waals surface area contributed by atoms with Gasteiger partial charge < -0.3 is 15.8 Å². The fraction of sp³-hybridized carbons (Fsp3) is 0.417. The molecule has 0 spiro atoms. The van der Waals surface area contributed by atoms with Crippen LogP contribution in [0.3, 0.4) is 0 Å². The Labute approximate surface area is 109 Å². The summed E-state index contributed by atoms with van der Waals surface area (Å²) in [5.74, 6) is 0.0998. The number of amides is 1. The van der Waals surface area contributed by atoms with Crippen LogP contribution in [0, 0.1) is 0 Å². The lowest BCUT2D eigenvalue weighted by atomic mass is 10.2. The molecule has 0 radical (unpaired) electrons. The van der Waals surface area contributed by atoms with Crippen molar-refractivity contribution in [2.45, 2.75) is 6.54 Å². The molecule has 0 fully saturated rings. The molecule has 0 saturated carbocycles. The van der Waals surface area contributed by atoms with Gasteiger partial charge in [0.1, 0.15) is 5.75 Å². The first-order valence-electron chi connectivity index (χ1n) is 5.58. The van der Waals surface area contributed by atoms with Crippen molar-refractivity contribution >= 4 is 22.4 Å². The van der Waals surface area contributed by atoms with Gasteiger partial charge in [-0.05, 0) is 17.7 Å². The van der Waals surface area contributed by atoms with E-state index in [4.69, 9.17) is 10.5 Å². The zero-order valence-corrected chi connectivity index (χ0v) is 11.2. The average molecular weight is 270 g/mol. The lowest BCUT2D eigenvalue weighted by molar-refractivity contribution is -0.113. The summed E-state index contributed by atoms with van der Waals surface area (Å²) in [4.78, 5) is 11.6. The van der Waals surface area contributed by atoms with Gasteiger partial charge in [0.15, 0.2) is 0 Å². The summed E-state index contributed by atoms with van der Waals surface area (Å²) < 4.78 is 16.3. The first kappa shape index (κ1) is 14.8. The second-order valence-electron chi connectivity index (χ2n) is 3.73. The van der Waals surface area contributed by atoms with Crippen LogP contribution in [0.15, 0.2) is 24.3 Å². The van der Waals surface area contributed by atoms with Crippen molar-refractivity contribution in [3.8, 4) is 0 Å². The van der Waals surface area contributed by atoms with Gasteiger partial charge in [0.05, 0.1) is 6.61 Å². The molecule has 0 aliphatic carbocycles. The van der Waals surface area contributed by atoms with E-state index in [0.29, 0.717) is 24.6 Å². The van der Waals surface area contributed by atoms with E-state index in [-0.39, 0.29) is 11.7 Å². The second-order valence-corrected chi connectivity index (χ2v) is 5.31. The van der Waals surface area contributed by atoms with Crippen LogP contribution in [0.1, 0.15) is 5.56 Å². The largest absolute Gasteiger partial charge is 0.384 e. The fourth-order valence-electron chi connectivity index (χ4n) is 1.32. The summed E-state index contributed by atoms with van der Waals surface area (Å²) in [6.07, 6.45) is 0. The van der Waals surface area contributed by atoms with Crippen LogP contribution in [-0.2, 0) is 26.9 Å². The number of rotatable bonds is 7. The van der Waals surface area contributed by atoms with E-state index in [1.54, 1.807) is 12.1 Å². The minimum Gasteiger partial charge on any atom is -0.384 e. The molecule has 0 heterocycles. The van der Waals surface area contributed by atoms with Crippen molar-refractivity contribution in [2.24, 2.45) is 5.73 Å². The minimum absolute atomic E-state index is 0.0119. The number of carbonyl (C=O) groups excluding carboxylic acids is 1. The number of methoxy groups -OCH3 is 1. The highest BCUT2D eigenvalue weighted by Crippen LogP contribution is 2.08. The van der Waals surface area contributed by atoms with Crippen molar-refractivity contribution in [1.82, 2.24) is 0 Å². The SMILES string of the molecule is COCCS(=O)CC(=O)Nc1ccc(CN)cc1. The topological polar surface area (TPSA) is 81.4 Å². The second kappa shape index (κ2) is 7.97. The zero-order chi connectivity index (χ0) is 13.4. The van der Waals surface area contributed by atoms with Crippen LogP contribution in [0.4, 0.5) is 5.69 Å². The highest BCUT2D eigenvalue weighted by atomic mass is 32.2. The first-order chi connectivity index (χ1) is 8.65. The van der Waals surface area contributed by atoms with E-state index in [1.165, 1.54) is 7.11 Å². The molecular formula is C12H18N2O3S. The van der Waals surface area contributed by atoms with Crippen LogP contribution < -0.4 is 11.1 Å². The van der Waals surface area contributed by atoms with E-state index in [9.17, 15) is 9.00 Å². The molecule has 1 rings (SSSR count). The molecule has 18 heavy (non-hydrogen) atoms. The molecule has 6 heteroatoms. The molecular weight excluding hydrogens is 252 g/mol. The third-order valence-electron chi connectivity index (χ3n) is 2.28. The van der Waals surface area contributed by atoms with E-state index >= 15 is 0 Å². The number of nitrogens with one attached hydrogen (secondary N) is 1. The van der Waals surface area contributed by atoms with Crippen LogP contribution in [0.5, 0.6) is 0 Å². The normalized spacial score (nSPS) is 12.1. The lowest BCUT2D eigenvalue weighted by Gasteiger charge is -2.06. The fourth-order valence-corrected chi connectivity index (χ4v) is 2.18. The monoisotopic (exact) mass is 270 g/mol. The summed E-state index contributed by atoms with van der Waals surface area (Å²) in [7, 11) is 0.351. The molecule has 0 bridgehead atoms. The Balaban J connectivity index is 2.41. The molecule has 1 atom stereocenters. The van der Waals surface area contributed by atoms with Crippen LogP contribution >= 0.6 is 0 Å². The maximum Gasteiger partial charge on any atom is 0.236 e. The van der Waals surface area contributed by atoms with Gasteiger partial charge in [-0.15, -0.1) is 0 Å². The number of hydrogen-bond acceptors (Lipinski definition) is 4. The number of anilines is 1. The molecule has 0 aromatic heterocycles. The predicted molar refractivity (Wildman–Crippen MR) is 72.7 cm³/mol. The van der Waals surface area contributed by atoms with Gasteiger partial charge >= 0.3 is 0 Å². The maximum atomic E-state index is 11.6.